The fourth-order valence-electron chi connectivity index (χ4n) is 2.54. The summed E-state index contributed by atoms with van der Waals surface area (Å²) in [6, 6.07) is -0.119. The minimum absolute atomic E-state index is 0.119. The predicted molar refractivity (Wildman–Crippen MR) is 84.6 cm³/mol. The van der Waals surface area contributed by atoms with Crippen molar-refractivity contribution in [1.82, 2.24) is 4.90 Å². The van der Waals surface area contributed by atoms with Crippen molar-refractivity contribution in [2.45, 2.75) is 83.0 Å². The van der Waals surface area contributed by atoms with Crippen molar-refractivity contribution < 1.29 is 31.5 Å². The molecular weight excluding hydrogens is 345 g/mol. The molecule has 0 N–H and O–H groups in total. The second kappa shape index (κ2) is 8.36. The Morgan fingerprint density at radius 2 is 1.80 bits per heavy atom. The third-order valence-electron chi connectivity index (χ3n) is 3.81. The number of halogens is 5. The first-order valence-electron chi connectivity index (χ1n) is 8.44. The highest BCUT2D eigenvalue weighted by atomic mass is 19.4. The minimum Gasteiger partial charge on any atom is -0.444 e. The van der Waals surface area contributed by atoms with Gasteiger partial charge in [0.2, 0.25) is 0 Å². The number of hydrogen-bond donors (Lipinski definition) is 0. The van der Waals surface area contributed by atoms with E-state index in [-0.39, 0.29) is 18.9 Å². The van der Waals surface area contributed by atoms with Crippen molar-refractivity contribution in [1.29, 1.82) is 0 Å². The highest BCUT2D eigenvalue weighted by molar-refractivity contribution is 5.69. The molecule has 25 heavy (non-hydrogen) atoms. The van der Waals surface area contributed by atoms with Crippen LogP contribution < -0.4 is 0 Å². The van der Waals surface area contributed by atoms with Gasteiger partial charge in [-0.1, -0.05) is 12.2 Å². The maximum atomic E-state index is 12.8. The normalized spacial score (nSPS) is 19.7. The summed E-state index contributed by atoms with van der Waals surface area (Å²) < 4.78 is 67.0. The smallest absolute Gasteiger partial charge is 0.444 e. The SMILES string of the molecule is CC(C)(C)OC(=O)N1CCC[C@H]1/C=C\CCCCC(F)(F)C(F)(F)F. The second-order valence-corrected chi connectivity index (χ2v) is 7.26. The lowest BCUT2D eigenvalue weighted by Crippen LogP contribution is -2.39. The molecule has 1 aliphatic heterocycles. The zero-order chi connectivity index (χ0) is 19.3. The number of hydrogen-bond acceptors (Lipinski definition) is 2. The van der Waals surface area contributed by atoms with Crippen LogP contribution in [0, 0.1) is 0 Å². The van der Waals surface area contributed by atoms with Crippen LogP contribution in [0.5, 0.6) is 0 Å². The lowest BCUT2D eigenvalue weighted by atomic mass is 10.1. The number of alkyl halides is 5. The van der Waals surface area contributed by atoms with Gasteiger partial charge in [-0.3, -0.25) is 0 Å². The first-order valence-corrected chi connectivity index (χ1v) is 8.44. The summed E-state index contributed by atoms with van der Waals surface area (Å²) in [5.74, 6) is -4.63. The molecule has 0 radical (unpaired) electrons. The van der Waals surface area contributed by atoms with Gasteiger partial charge in [-0.2, -0.15) is 22.0 Å². The number of amides is 1. The lowest BCUT2D eigenvalue weighted by molar-refractivity contribution is -0.284. The van der Waals surface area contributed by atoms with Gasteiger partial charge < -0.3 is 9.64 Å². The summed E-state index contributed by atoms with van der Waals surface area (Å²) in [6.07, 6.45) is -1.50. The van der Waals surface area contributed by atoms with Gasteiger partial charge >= 0.3 is 18.2 Å². The van der Waals surface area contributed by atoms with Crippen molar-refractivity contribution in [3.63, 3.8) is 0 Å². The topological polar surface area (TPSA) is 29.5 Å². The maximum absolute atomic E-state index is 12.8. The first kappa shape index (κ1) is 21.7. The van der Waals surface area contributed by atoms with Crippen LogP contribution >= 0.6 is 0 Å². The third-order valence-corrected chi connectivity index (χ3v) is 3.81. The largest absolute Gasteiger partial charge is 0.453 e. The van der Waals surface area contributed by atoms with E-state index in [2.05, 4.69) is 0 Å². The van der Waals surface area contributed by atoms with Crippen molar-refractivity contribution in [3.05, 3.63) is 12.2 Å². The monoisotopic (exact) mass is 371 g/mol. The number of rotatable bonds is 6. The summed E-state index contributed by atoms with van der Waals surface area (Å²) in [7, 11) is 0. The van der Waals surface area contributed by atoms with Gasteiger partial charge in [0.25, 0.3) is 0 Å². The molecule has 0 saturated carbocycles. The van der Waals surface area contributed by atoms with Crippen molar-refractivity contribution in [2.75, 3.05) is 6.54 Å². The average molecular weight is 371 g/mol. The van der Waals surface area contributed by atoms with Gasteiger partial charge in [0.15, 0.2) is 0 Å². The van der Waals surface area contributed by atoms with Gasteiger partial charge in [0.05, 0.1) is 6.04 Å². The van der Waals surface area contributed by atoms with Crippen LogP contribution in [0.1, 0.15) is 59.3 Å². The molecule has 0 spiro atoms. The number of unbranched alkanes of at least 4 members (excludes halogenated alkanes) is 2. The molecule has 0 aromatic heterocycles. The Labute approximate surface area is 145 Å². The molecule has 1 saturated heterocycles. The predicted octanol–water partition coefficient (Wildman–Crippen LogP) is 5.70. The number of allylic oxidation sites excluding steroid dienone is 1. The fourth-order valence-corrected chi connectivity index (χ4v) is 2.54. The Morgan fingerprint density at radius 3 is 2.36 bits per heavy atom. The van der Waals surface area contributed by atoms with E-state index in [1.165, 1.54) is 0 Å². The summed E-state index contributed by atoms with van der Waals surface area (Å²) in [4.78, 5) is 13.7. The van der Waals surface area contributed by atoms with E-state index >= 15 is 0 Å². The van der Waals surface area contributed by atoms with Crippen LogP contribution in [0.2, 0.25) is 0 Å². The van der Waals surface area contributed by atoms with Crippen molar-refractivity contribution in [2.24, 2.45) is 0 Å². The number of carbonyl (C=O) groups is 1. The van der Waals surface area contributed by atoms with Crippen LogP contribution in [0.4, 0.5) is 26.7 Å². The van der Waals surface area contributed by atoms with E-state index in [0.717, 1.165) is 12.8 Å². The molecular formula is C17H26F5NO2. The molecule has 1 fully saturated rings. The zero-order valence-corrected chi connectivity index (χ0v) is 14.8. The van der Waals surface area contributed by atoms with Gasteiger partial charge in [-0.25, -0.2) is 4.79 Å². The zero-order valence-electron chi connectivity index (χ0n) is 14.8. The first-order chi connectivity index (χ1) is 11.3. The molecule has 0 aromatic carbocycles. The van der Waals surface area contributed by atoms with Gasteiger partial charge in [0, 0.05) is 13.0 Å². The quantitative estimate of drug-likeness (QED) is 0.340. The number of carbonyl (C=O) groups excluding carboxylic acids is 1. The van der Waals surface area contributed by atoms with Crippen LogP contribution in [-0.2, 0) is 4.74 Å². The molecule has 1 rings (SSSR count). The highest BCUT2D eigenvalue weighted by Crippen LogP contribution is 2.39. The molecule has 1 amide bonds. The Kier molecular flexibility index (Phi) is 7.26. The van der Waals surface area contributed by atoms with E-state index in [0.29, 0.717) is 13.0 Å². The molecule has 146 valence electrons. The number of likely N-dealkylation sites (tertiary alicyclic amines) is 1. The molecule has 8 heteroatoms. The number of nitrogens with zero attached hydrogens (tertiary/aromatic N) is 1. The fraction of sp³-hybridized carbons (Fsp3) is 0.824. The Balaban J connectivity index is 2.37. The summed E-state index contributed by atoms with van der Waals surface area (Å²) >= 11 is 0. The van der Waals surface area contributed by atoms with E-state index in [1.807, 2.05) is 0 Å². The Hall–Kier alpha value is -1.34. The van der Waals surface area contributed by atoms with Crippen LogP contribution in [0.25, 0.3) is 0 Å². The molecule has 0 unspecified atom stereocenters. The van der Waals surface area contributed by atoms with Crippen molar-refractivity contribution in [3.8, 4) is 0 Å². The summed E-state index contributed by atoms with van der Waals surface area (Å²) in [5, 5.41) is 0. The van der Waals surface area contributed by atoms with Gasteiger partial charge in [-0.05, 0) is 52.9 Å². The van der Waals surface area contributed by atoms with Gasteiger partial charge in [0.1, 0.15) is 5.60 Å². The number of ether oxygens (including phenoxy) is 1. The van der Waals surface area contributed by atoms with Gasteiger partial charge in [-0.15, -0.1) is 0 Å². The summed E-state index contributed by atoms with van der Waals surface area (Å²) in [5.41, 5.74) is -0.586. The summed E-state index contributed by atoms with van der Waals surface area (Å²) in [6.45, 7) is 5.93. The minimum atomic E-state index is -5.49. The molecule has 0 aliphatic carbocycles. The van der Waals surface area contributed by atoms with Crippen LogP contribution in [0.15, 0.2) is 12.2 Å². The Morgan fingerprint density at radius 1 is 1.16 bits per heavy atom. The van der Waals surface area contributed by atoms with E-state index in [4.69, 9.17) is 4.74 Å². The van der Waals surface area contributed by atoms with E-state index in [9.17, 15) is 26.7 Å². The molecule has 0 aromatic rings. The standard InChI is InChI=1S/C17H26F5NO2/c1-15(2,3)25-14(24)23-12-8-10-13(23)9-6-4-5-7-11-16(18,19)17(20,21)22/h6,9,13H,4-5,7-8,10-12H2,1-3H3/b9-6-/t13-/m1/s1. The Bertz CT molecular complexity index is 469. The second-order valence-electron chi connectivity index (χ2n) is 7.26. The molecule has 1 heterocycles. The van der Waals surface area contributed by atoms with E-state index in [1.54, 1.807) is 37.8 Å². The molecule has 3 nitrogen and oxygen atoms in total. The maximum Gasteiger partial charge on any atom is 0.453 e. The highest BCUT2D eigenvalue weighted by Gasteiger charge is 2.56. The molecule has 0 bridgehead atoms. The van der Waals surface area contributed by atoms with E-state index < -0.39 is 30.2 Å². The average Bonchev–Trinajstić information content (AvgIpc) is 2.87. The third kappa shape index (κ3) is 7.20. The van der Waals surface area contributed by atoms with Crippen LogP contribution in [-0.4, -0.2) is 41.3 Å². The molecule has 1 aliphatic rings. The molecule has 1 atom stereocenters. The lowest BCUT2D eigenvalue weighted by Gasteiger charge is -2.27. The van der Waals surface area contributed by atoms with Crippen LogP contribution in [0.3, 0.4) is 0 Å². The van der Waals surface area contributed by atoms with Crippen molar-refractivity contribution >= 4 is 6.09 Å².